The van der Waals surface area contributed by atoms with Crippen molar-refractivity contribution in [1.29, 1.82) is 0 Å². The molecular formula is C14H24N2O3. The van der Waals surface area contributed by atoms with Crippen molar-refractivity contribution in [2.45, 2.75) is 51.5 Å². The number of carboxylic acids is 1. The molecule has 2 atom stereocenters. The highest BCUT2D eigenvalue weighted by Crippen LogP contribution is 2.34. The molecule has 2 amide bonds. The Balaban J connectivity index is 2.12. The first-order valence-electron chi connectivity index (χ1n) is 7.35. The van der Waals surface area contributed by atoms with Gasteiger partial charge < -0.3 is 14.9 Å². The van der Waals surface area contributed by atoms with Gasteiger partial charge in [-0.1, -0.05) is 20.3 Å². The zero-order chi connectivity index (χ0) is 14.0. The summed E-state index contributed by atoms with van der Waals surface area (Å²) in [4.78, 5) is 27.6. The van der Waals surface area contributed by atoms with Crippen LogP contribution in [-0.4, -0.2) is 52.1 Å². The molecule has 0 aromatic heterocycles. The summed E-state index contributed by atoms with van der Waals surface area (Å²) in [6, 6.07) is -0.0716. The molecule has 0 aromatic carbocycles. The number of nitrogens with zero attached hydrogens (tertiary/aromatic N) is 2. The monoisotopic (exact) mass is 268 g/mol. The third kappa shape index (κ3) is 2.30. The third-order valence-corrected chi connectivity index (χ3v) is 4.84. The molecule has 2 aliphatic rings. The fourth-order valence-corrected chi connectivity index (χ4v) is 3.41. The van der Waals surface area contributed by atoms with Crippen molar-refractivity contribution in [3.8, 4) is 0 Å². The molecule has 0 spiro atoms. The topological polar surface area (TPSA) is 60.9 Å². The summed E-state index contributed by atoms with van der Waals surface area (Å²) < 4.78 is 0. The lowest BCUT2D eigenvalue weighted by atomic mass is 9.93. The Morgan fingerprint density at radius 1 is 1.32 bits per heavy atom. The Hall–Kier alpha value is -1.26. The molecule has 5 heteroatoms. The van der Waals surface area contributed by atoms with Crippen LogP contribution in [-0.2, 0) is 4.79 Å². The molecule has 2 unspecified atom stereocenters. The van der Waals surface area contributed by atoms with Gasteiger partial charge in [0.05, 0.1) is 0 Å². The number of carboxylic acid groups (broad SMARTS) is 1. The molecule has 2 fully saturated rings. The molecule has 2 heterocycles. The number of likely N-dealkylation sites (tertiary alicyclic amines) is 2. The maximum atomic E-state index is 12.6. The molecule has 1 N–H and O–H groups in total. The van der Waals surface area contributed by atoms with Gasteiger partial charge in [-0.3, -0.25) is 0 Å². The molecule has 2 saturated heterocycles. The zero-order valence-electron chi connectivity index (χ0n) is 11.9. The molecule has 2 aliphatic heterocycles. The van der Waals surface area contributed by atoms with Gasteiger partial charge in [0.25, 0.3) is 0 Å². The van der Waals surface area contributed by atoms with Gasteiger partial charge in [0, 0.05) is 19.6 Å². The molecule has 0 aromatic rings. The molecule has 5 nitrogen and oxygen atoms in total. The van der Waals surface area contributed by atoms with Crippen LogP contribution in [0, 0.1) is 5.92 Å². The second kappa shape index (κ2) is 5.39. The summed E-state index contributed by atoms with van der Waals surface area (Å²) >= 11 is 0. The summed E-state index contributed by atoms with van der Waals surface area (Å²) in [5, 5.41) is 9.51. The minimum Gasteiger partial charge on any atom is -0.479 e. The van der Waals surface area contributed by atoms with Crippen LogP contribution in [0.15, 0.2) is 0 Å². The van der Waals surface area contributed by atoms with Gasteiger partial charge in [-0.25, -0.2) is 9.59 Å². The lowest BCUT2D eigenvalue weighted by Crippen LogP contribution is -2.56. The van der Waals surface area contributed by atoms with Gasteiger partial charge in [0.1, 0.15) is 5.54 Å². The number of amides is 2. The molecule has 0 radical (unpaired) electrons. The summed E-state index contributed by atoms with van der Waals surface area (Å²) in [6.45, 7) is 6.13. The van der Waals surface area contributed by atoms with Crippen molar-refractivity contribution in [2.24, 2.45) is 5.92 Å². The lowest BCUT2D eigenvalue weighted by molar-refractivity contribution is -0.148. The van der Waals surface area contributed by atoms with Crippen molar-refractivity contribution in [1.82, 2.24) is 9.80 Å². The number of hydrogen-bond donors (Lipinski definition) is 1. The van der Waals surface area contributed by atoms with E-state index in [2.05, 4.69) is 6.92 Å². The normalized spacial score (nSPS) is 30.9. The van der Waals surface area contributed by atoms with Crippen LogP contribution in [0.5, 0.6) is 0 Å². The smallest absolute Gasteiger partial charge is 0.329 e. The molecule has 19 heavy (non-hydrogen) atoms. The van der Waals surface area contributed by atoms with E-state index in [9.17, 15) is 14.7 Å². The number of carbonyl (C=O) groups is 2. The van der Waals surface area contributed by atoms with Crippen molar-refractivity contribution >= 4 is 12.0 Å². The van der Waals surface area contributed by atoms with E-state index in [1.54, 1.807) is 4.90 Å². The van der Waals surface area contributed by atoms with Gasteiger partial charge in [0.2, 0.25) is 0 Å². The summed E-state index contributed by atoms with van der Waals surface area (Å²) in [5.74, 6) is -0.278. The van der Waals surface area contributed by atoms with Crippen LogP contribution in [0.2, 0.25) is 0 Å². The predicted octanol–water partition coefficient (Wildman–Crippen LogP) is 2.17. The van der Waals surface area contributed by atoms with E-state index in [1.807, 2.05) is 11.8 Å². The van der Waals surface area contributed by atoms with Gasteiger partial charge in [-0.15, -0.1) is 0 Å². The van der Waals surface area contributed by atoms with Crippen molar-refractivity contribution < 1.29 is 14.7 Å². The van der Waals surface area contributed by atoms with Gasteiger partial charge in [0.15, 0.2) is 0 Å². The van der Waals surface area contributed by atoms with Crippen LogP contribution in [0.3, 0.4) is 0 Å². The SMILES string of the molecule is CCC1CCN(C(=O)N2CCCC2(CC)C(=O)O)C1. The molecule has 0 saturated carbocycles. The number of urea groups is 1. The highest BCUT2D eigenvalue weighted by Gasteiger charge is 2.50. The predicted molar refractivity (Wildman–Crippen MR) is 72.0 cm³/mol. The first-order valence-corrected chi connectivity index (χ1v) is 7.35. The van der Waals surface area contributed by atoms with Crippen LogP contribution in [0.1, 0.15) is 46.0 Å². The first kappa shape index (κ1) is 14.2. The van der Waals surface area contributed by atoms with E-state index >= 15 is 0 Å². The van der Waals surface area contributed by atoms with Crippen LogP contribution >= 0.6 is 0 Å². The fourth-order valence-electron chi connectivity index (χ4n) is 3.41. The Labute approximate surface area is 114 Å². The van der Waals surface area contributed by atoms with E-state index in [4.69, 9.17) is 0 Å². The van der Waals surface area contributed by atoms with Gasteiger partial charge in [-0.2, -0.15) is 0 Å². The maximum absolute atomic E-state index is 12.6. The maximum Gasteiger partial charge on any atom is 0.329 e. The molecular weight excluding hydrogens is 244 g/mol. The number of carbonyl (C=O) groups excluding carboxylic acids is 1. The zero-order valence-corrected chi connectivity index (χ0v) is 11.9. The molecule has 108 valence electrons. The van der Waals surface area contributed by atoms with Gasteiger partial charge in [-0.05, 0) is 31.6 Å². The van der Waals surface area contributed by atoms with Gasteiger partial charge >= 0.3 is 12.0 Å². The first-order chi connectivity index (χ1) is 9.05. The molecule has 0 aliphatic carbocycles. The minimum atomic E-state index is -0.971. The Morgan fingerprint density at radius 3 is 2.58 bits per heavy atom. The fraction of sp³-hybridized carbons (Fsp3) is 0.857. The Bertz CT molecular complexity index is 372. The summed E-state index contributed by atoms with van der Waals surface area (Å²) in [7, 11) is 0. The standard InChI is InChI=1S/C14H24N2O3/c1-3-11-6-9-15(10-11)13(19)16-8-5-7-14(16,4-2)12(17)18/h11H,3-10H2,1-2H3,(H,17,18). The lowest BCUT2D eigenvalue weighted by Gasteiger charge is -2.36. The van der Waals surface area contributed by atoms with Crippen molar-refractivity contribution in [3.05, 3.63) is 0 Å². The highest BCUT2D eigenvalue weighted by atomic mass is 16.4. The average Bonchev–Trinajstić information content (AvgIpc) is 3.04. The van der Waals surface area contributed by atoms with Crippen LogP contribution < -0.4 is 0 Å². The Kier molecular flexibility index (Phi) is 4.02. The van der Waals surface area contributed by atoms with E-state index in [0.717, 1.165) is 32.4 Å². The summed E-state index contributed by atoms with van der Waals surface area (Å²) in [5.41, 5.74) is -0.971. The van der Waals surface area contributed by atoms with Crippen molar-refractivity contribution in [2.75, 3.05) is 19.6 Å². The molecule has 0 bridgehead atoms. The largest absolute Gasteiger partial charge is 0.479 e. The average molecular weight is 268 g/mol. The number of rotatable bonds is 3. The van der Waals surface area contributed by atoms with E-state index in [1.165, 1.54) is 0 Å². The Morgan fingerprint density at radius 2 is 2.05 bits per heavy atom. The van der Waals surface area contributed by atoms with E-state index < -0.39 is 11.5 Å². The van der Waals surface area contributed by atoms with Crippen molar-refractivity contribution in [3.63, 3.8) is 0 Å². The molecule has 2 rings (SSSR count). The second-order valence-corrected chi connectivity index (χ2v) is 5.74. The highest BCUT2D eigenvalue weighted by molar-refractivity contribution is 5.87. The number of aliphatic carboxylic acids is 1. The minimum absolute atomic E-state index is 0.0716. The van der Waals surface area contributed by atoms with E-state index in [-0.39, 0.29) is 6.03 Å². The third-order valence-electron chi connectivity index (χ3n) is 4.84. The van der Waals surface area contributed by atoms with Crippen LogP contribution in [0.4, 0.5) is 4.79 Å². The van der Waals surface area contributed by atoms with Crippen LogP contribution in [0.25, 0.3) is 0 Å². The number of hydrogen-bond acceptors (Lipinski definition) is 2. The quantitative estimate of drug-likeness (QED) is 0.853. The van der Waals surface area contributed by atoms with E-state index in [0.29, 0.717) is 25.3 Å². The second-order valence-electron chi connectivity index (χ2n) is 5.74. The summed E-state index contributed by atoms with van der Waals surface area (Å²) in [6.07, 6.45) is 3.98.